The summed E-state index contributed by atoms with van der Waals surface area (Å²) in [6.45, 7) is 7.51. The molecule has 0 radical (unpaired) electrons. The van der Waals surface area contributed by atoms with Crippen molar-refractivity contribution in [1.29, 1.82) is 0 Å². The molecule has 5 nitrogen and oxygen atoms in total. The maximum absolute atomic E-state index is 12.9. The fourth-order valence-electron chi connectivity index (χ4n) is 3.42. The Morgan fingerprint density at radius 3 is 2.39 bits per heavy atom. The van der Waals surface area contributed by atoms with Gasteiger partial charge in [0.1, 0.15) is 5.75 Å². The fraction of sp³-hybridized carbons (Fsp3) is 0.556. The number of carboxylic acids is 1. The maximum Gasteiger partial charge on any atom is 0.341 e. The van der Waals surface area contributed by atoms with Crippen LogP contribution in [0.4, 0.5) is 0 Å². The summed E-state index contributed by atoms with van der Waals surface area (Å²) >= 11 is 0. The van der Waals surface area contributed by atoms with E-state index in [1.165, 1.54) is 0 Å². The highest BCUT2D eigenvalue weighted by Crippen LogP contribution is 2.30. The molecule has 1 aromatic rings. The summed E-state index contributed by atoms with van der Waals surface area (Å²) in [4.78, 5) is 25.6. The fourth-order valence-corrected chi connectivity index (χ4v) is 3.42. The number of aryl methyl sites for hydroxylation is 2. The Labute approximate surface area is 137 Å². The summed E-state index contributed by atoms with van der Waals surface area (Å²) in [5.41, 5.74) is 2.22. The molecule has 1 saturated heterocycles. The normalized spacial score (nSPS) is 20.6. The first-order chi connectivity index (χ1) is 10.8. The number of nitrogens with zero attached hydrogens (tertiary/aromatic N) is 1. The molecule has 1 aromatic carbocycles. The van der Waals surface area contributed by atoms with Crippen LogP contribution in [0.1, 0.15) is 54.6 Å². The molecule has 2 atom stereocenters. The van der Waals surface area contributed by atoms with Gasteiger partial charge in [0.05, 0.1) is 0 Å². The van der Waals surface area contributed by atoms with Gasteiger partial charge in [0, 0.05) is 17.6 Å². The van der Waals surface area contributed by atoms with Crippen molar-refractivity contribution < 1.29 is 19.4 Å². The molecule has 0 spiro atoms. The number of hydrogen-bond donors (Lipinski definition) is 1. The maximum atomic E-state index is 12.9. The third-order valence-corrected chi connectivity index (χ3v) is 4.54. The van der Waals surface area contributed by atoms with Gasteiger partial charge < -0.3 is 14.7 Å². The Morgan fingerprint density at radius 1 is 1.26 bits per heavy atom. The molecular weight excluding hydrogens is 294 g/mol. The van der Waals surface area contributed by atoms with Crippen LogP contribution in [0.2, 0.25) is 0 Å². The van der Waals surface area contributed by atoms with Gasteiger partial charge in [-0.1, -0.05) is 6.92 Å². The lowest BCUT2D eigenvalue weighted by molar-refractivity contribution is -0.139. The minimum absolute atomic E-state index is 0.0536. The van der Waals surface area contributed by atoms with Crippen LogP contribution in [-0.2, 0) is 4.79 Å². The van der Waals surface area contributed by atoms with E-state index < -0.39 is 5.97 Å². The Hall–Kier alpha value is -2.04. The third-order valence-electron chi connectivity index (χ3n) is 4.54. The van der Waals surface area contributed by atoms with Gasteiger partial charge in [-0.05, 0) is 63.3 Å². The number of aliphatic carboxylic acids is 1. The van der Waals surface area contributed by atoms with Crippen molar-refractivity contribution in [3.05, 3.63) is 28.8 Å². The largest absolute Gasteiger partial charge is 0.481 e. The second-order valence-corrected chi connectivity index (χ2v) is 6.32. The lowest BCUT2D eigenvalue weighted by Crippen LogP contribution is -2.39. The Balaban J connectivity index is 2.26. The topological polar surface area (TPSA) is 66.8 Å². The van der Waals surface area contributed by atoms with Gasteiger partial charge in [0.15, 0.2) is 6.61 Å². The number of amides is 1. The zero-order valence-corrected chi connectivity index (χ0v) is 14.3. The number of carboxylic acid groups (broad SMARTS) is 1. The quantitative estimate of drug-likeness (QED) is 0.905. The minimum atomic E-state index is -1.01. The van der Waals surface area contributed by atoms with Crippen LogP contribution in [0.3, 0.4) is 0 Å². The van der Waals surface area contributed by atoms with E-state index >= 15 is 0 Å². The van der Waals surface area contributed by atoms with Gasteiger partial charge in [-0.25, -0.2) is 4.79 Å². The molecule has 0 aliphatic carbocycles. The molecule has 1 aliphatic rings. The van der Waals surface area contributed by atoms with Crippen molar-refractivity contribution in [2.75, 3.05) is 6.61 Å². The number of hydrogen-bond acceptors (Lipinski definition) is 3. The van der Waals surface area contributed by atoms with Crippen LogP contribution in [0.15, 0.2) is 12.1 Å². The molecule has 2 unspecified atom stereocenters. The van der Waals surface area contributed by atoms with Gasteiger partial charge >= 0.3 is 5.97 Å². The van der Waals surface area contributed by atoms with Crippen LogP contribution in [0.25, 0.3) is 0 Å². The van der Waals surface area contributed by atoms with Crippen molar-refractivity contribution >= 4 is 11.9 Å². The van der Waals surface area contributed by atoms with E-state index in [0.29, 0.717) is 17.4 Å². The zero-order valence-electron chi connectivity index (χ0n) is 14.3. The van der Waals surface area contributed by atoms with E-state index in [-0.39, 0.29) is 18.6 Å². The Morgan fingerprint density at radius 2 is 1.87 bits per heavy atom. The van der Waals surface area contributed by atoms with Crippen molar-refractivity contribution in [3.63, 3.8) is 0 Å². The predicted molar refractivity (Wildman–Crippen MR) is 88.0 cm³/mol. The lowest BCUT2D eigenvalue weighted by atomic mass is 10.0. The van der Waals surface area contributed by atoms with Crippen LogP contribution in [-0.4, -0.2) is 40.6 Å². The number of benzene rings is 1. The number of rotatable bonds is 5. The van der Waals surface area contributed by atoms with Crippen LogP contribution >= 0.6 is 0 Å². The lowest BCUT2D eigenvalue weighted by Gasteiger charge is -2.28. The summed E-state index contributed by atoms with van der Waals surface area (Å²) in [6.07, 6.45) is 3.07. The Bertz CT molecular complexity index is 588. The van der Waals surface area contributed by atoms with Crippen LogP contribution < -0.4 is 4.74 Å². The third kappa shape index (κ3) is 3.66. The van der Waals surface area contributed by atoms with Gasteiger partial charge in [-0.3, -0.25) is 4.79 Å². The van der Waals surface area contributed by atoms with E-state index in [2.05, 4.69) is 13.8 Å². The van der Waals surface area contributed by atoms with Crippen molar-refractivity contribution in [3.8, 4) is 5.75 Å². The highest BCUT2D eigenvalue weighted by Gasteiger charge is 2.33. The summed E-state index contributed by atoms with van der Waals surface area (Å²) < 4.78 is 5.33. The summed E-state index contributed by atoms with van der Waals surface area (Å²) in [6, 6.07) is 4.16. The molecule has 1 heterocycles. The SMILES string of the molecule is CCC1CCC(C)N1C(=O)c1cc(C)c(OCC(=O)O)c(C)c1. The zero-order chi connectivity index (χ0) is 17.1. The van der Waals surface area contributed by atoms with E-state index in [0.717, 1.165) is 30.4 Å². The minimum Gasteiger partial charge on any atom is -0.481 e. The standard InChI is InChI=1S/C18H25NO4/c1-5-15-7-6-13(4)19(15)18(22)14-8-11(2)17(12(3)9-14)23-10-16(20)21/h8-9,13,15H,5-7,10H2,1-4H3,(H,20,21). The highest BCUT2D eigenvalue weighted by molar-refractivity contribution is 5.95. The molecule has 0 bridgehead atoms. The van der Waals surface area contributed by atoms with Crippen molar-refractivity contribution in [2.45, 2.75) is 59.0 Å². The predicted octanol–water partition coefficient (Wildman–Crippen LogP) is 3.17. The van der Waals surface area contributed by atoms with Crippen molar-refractivity contribution in [1.82, 2.24) is 4.90 Å². The number of likely N-dealkylation sites (tertiary alicyclic amines) is 1. The average Bonchev–Trinajstić information content (AvgIpc) is 2.86. The number of carbonyl (C=O) groups excluding carboxylic acids is 1. The van der Waals surface area contributed by atoms with E-state index in [1.54, 1.807) is 12.1 Å². The smallest absolute Gasteiger partial charge is 0.341 e. The monoisotopic (exact) mass is 319 g/mol. The molecule has 126 valence electrons. The van der Waals surface area contributed by atoms with Crippen molar-refractivity contribution in [2.24, 2.45) is 0 Å². The molecule has 2 rings (SSSR count). The van der Waals surface area contributed by atoms with E-state index in [4.69, 9.17) is 9.84 Å². The van der Waals surface area contributed by atoms with Gasteiger partial charge in [-0.2, -0.15) is 0 Å². The number of carbonyl (C=O) groups is 2. The molecule has 1 amide bonds. The molecule has 23 heavy (non-hydrogen) atoms. The van der Waals surface area contributed by atoms with Gasteiger partial charge in [0.2, 0.25) is 0 Å². The molecule has 0 aromatic heterocycles. The second-order valence-electron chi connectivity index (χ2n) is 6.32. The Kier molecular flexibility index (Phi) is 5.29. The summed E-state index contributed by atoms with van der Waals surface area (Å²) in [5, 5.41) is 8.74. The molecule has 1 fully saturated rings. The first kappa shape index (κ1) is 17.3. The summed E-state index contributed by atoms with van der Waals surface area (Å²) in [5.74, 6) is -0.413. The molecular formula is C18H25NO4. The van der Waals surface area contributed by atoms with Gasteiger partial charge in [-0.15, -0.1) is 0 Å². The molecule has 5 heteroatoms. The van der Waals surface area contributed by atoms with Crippen LogP contribution in [0, 0.1) is 13.8 Å². The first-order valence-electron chi connectivity index (χ1n) is 8.13. The second kappa shape index (κ2) is 7.02. The highest BCUT2D eigenvalue weighted by atomic mass is 16.5. The number of ether oxygens (including phenoxy) is 1. The molecule has 1 N–H and O–H groups in total. The summed E-state index contributed by atoms with van der Waals surface area (Å²) in [7, 11) is 0. The van der Waals surface area contributed by atoms with Gasteiger partial charge in [0.25, 0.3) is 5.91 Å². The first-order valence-corrected chi connectivity index (χ1v) is 8.13. The van der Waals surface area contributed by atoms with E-state index in [9.17, 15) is 9.59 Å². The molecule has 1 aliphatic heterocycles. The molecule has 0 saturated carbocycles. The average molecular weight is 319 g/mol. The van der Waals surface area contributed by atoms with Crippen LogP contribution in [0.5, 0.6) is 5.75 Å². The van der Waals surface area contributed by atoms with E-state index in [1.807, 2.05) is 18.7 Å².